The summed E-state index contributed by atoms with van der Waals surface area (Å²) in [5, 5.41) is 3.19. The predicted octanol–water partition coefficient (Wildman–Crippen LogP) is 2.64. The molecule has 1 aliphatic rings. The summed E-state index contributed by atoms with van der Waals surface area (Å²) in [6, 6.07) is 8.93. The van der Waals surface area contributed by atoms with Crippen LogP contribution in [-0.2, 0) is 17.6 Å². The quantitative estimate of drug-likeness (QED) is 0.873. The molecule has 3 heteroatoms. The molecule has 0 aliphatic carbocycles. The fourth-order valence-electron chi connectivity index (χ4n) is 3.15. The summed E-state index contributed by atoms with van der Waals surface area (Å²) in [4.78, 5) is 14.5. The van der Waals surface area contributed by atoms with Gasteiger partial charge in [0.05, 0.1) is 6.42 Å². The molecule has 0 bridgehead atoms. The number of nitrogens with one attached hydrogen (secondary N) is 1. The summed E-state index contributed by atoms with van der Waals surface area (Å²) in [6.07, 6.45) is 3.89. The van der Waals surface area contributed by atoms with E-state index in [2.05, 4.69) is 48.3 Å². The zero-order valence-electron chi connectivity index (χ0n) is 13.6. The van der Waals surface area contributed by atoms with Gasteiger partial charge in [-0.25, -0.2) is 0 Å². The van der Waals surface area contributed by atoms with Crippen LogP contribution >= 0.6 is 0 Å². The van der Waals surface area contributed by atoms with Gasteiger partial charge in [-0.3, -0.25) is 4.79 Å². The summed E-state index contributed by atoms with van der Waals surface area (Å²) >= 11 is 0. The minimum Gasteiger partial charge on any atom is -0.338 e. The normalized spacial score (nSPS) is 18.5. The number of benzene rings is 1. The number of rotatable bonds is 6. The van der Waals surface area contributed by atoms with E-state index < -0.39 is 0 Å². The van der Waals surface area contributed by atoms with E-state index in [-0.39, 0.29) is 5.91 Å². The molecule has 3 nitrogen and oxygen atoms in total. The topological polar surface area (TPSA) is 32.3 Å². The minimum absolute atomic E-state index is 0.268. The van der Waals surface area contributed by atoms with E-state index in [1.165, 1.54) is 5.56 Å². The van der Waals surface area contributed by atoms with Gasteiger partial charge in [-0.15, -0.1) is 0 Å². The first-order valence-corrected chi connectivity index (χ1v) is 8.12. The maximum atomic E-state index is 12.5. The van der Waals surface area contributed by atoms with E-state index in [9.17, 15) is 4.79 Å². The maximum Gasteiger partial charge on any atom is 0.227 e. The van der Waals surface area contributed by atoms with Crippen LogP contribution in [-0.4, -0.2) is 37.0 Å². The van der Waals surface area contributed by atoms with E-state index in [1.54, 1.807) is 0 Å². The second-order valence-corrected chi connectivity index (χ2v) is 6.53. The number of likely N-dealkylation sites (tertiary alicyclic amines) is 1. The molecule has 1 fully saturated rings. The highest BCUT2D eigenvalue weighted by molar-refractivity contribution is 5.79. The fraction of sp³-hybridized carbons (Fsp3) is 0.611. The Bertz CT molecular complexity index is 453. The first kappa shape index (κ1) is 16.0. The molecule has 1 heterocycles. The van der Waals surface area contributed by atoms with Crippen LogP contribution in [0.15, 0.2) is 24.3 Å². The van der Waals surface area contributed by atoms with Gasteiger partial charge in [0, 0.05) is 19.1 Å². The van der Waals surface area contributed by atoms with Crippen molar-refractivity contribution in [3.8, 4) is 0 Å². The van der Waals surface area contributed by atoms with Gasteiger partial charge in [-0.1, -0.05) is 38.1 Å². The second kappa shape index (κ2) is 7.60. The number of carbonyl (C=O) groups is 1. The highest BCUT2D eigenvalue weighted by Gasteiger charge is 2.27. The molecule has 116 valence electrons. The Kier molecular flexibility index (Phi) is 5.80. The Morgan fingerprint density at radius 3 is 2.57 bits per heavy atom. The van der Waals surface area contributed by atoms with Crippen molar-refractivity contribution in [3.63, 3.8) is 0 Å². The van der Waals surface area contributed by atoms with Gasteiger partial charge in [-0.2, -0.15) is 0 Å². The monoisotopic (exact) mass is 288 g/mol. The van der Waals surface area contributed by atoms with Crippen LogP contribution in [0.5, 0.6) is 0 Å². The molecule has 1 aliphatic heterocycles. The van der Waals surface area contributed by atoms with Crippen molar-refractivity contribution in [1.29, 1.82) is 0 Å². The van der Waals surface area contributed by atoms with Gasteiger partial charge < -0.3 is 10.2 Å². The van der Waals surface area contributed by atoms with Crippen LogP contribution in [0, 0.1) is 5.92 Å². The summed E-state index contributed by atoms with van der Waals surface area (Å²) in [7, 11) is 1.95. The van der Waals surface area contributed by atoms with Crippen molar-refractivity contribution < 1.29 is 4.79 Å². The van der Waals surface area contributed by atoms with E-state index in [4.69, 9.17) is 0 Å². The van der Waals surface area contributed by atoms with Gasteiger partial charge in [0.1, 0.15) is 0 Å². The molecule has 1 saturated heterocycles. The number of nitrogens with zero attached hydrogens (tertiary/aromatic N) is 1. The highest BCUT2D eigenvalue weighted by Crippen LogP contribution is 2.18. The van der Waals surface area contributed by atoms with Crippen molar-refractivity contribution >= 4 is 5.91 Å². The molecular weight excluding hydrogens is 260 g/mol. The molecule has 1 N–H and O–H groups in total. The van der Waals surface area contributed by atoms with E-state index in [1.807, 2.05) is 7.05 Å². The Morgan fingerprint density at radius 1 is 1.29 bits per heavy atom. The van der Waals surface area contributed by atoms with Crippen LogP contribution in [0.3, 0.4) is 0 Å². The molecule has 1 aromatic rings. The van der Waals surface area contributed by atoms with Crippen LogP contribution in [0.25, 0.3) is 0 Å². The summed E-state index contributed by atoms with van der Waals surface area (Å²) in [5.41, 5.74) is 2.48. The molecule has 0 radical (unpaired) electrons. The first-order valence-electron chi connectivity index (χ1n) is 8.12. The molecule has 1 unspecified atom stereocenters. The summed E-state index contributed by atoms with van der Waals surface area (Å²) < 4.78 is 0. The highest BCUT2D eigenvalue weighted by atomic mass is 16.2. The number of amides is 1. The zero-order valence-corrected chi connectivity index (χ0v) is 13.6. The molecule has 1 atom stereocenters. The lowest BCUT2D eigenvalue weighted by Crippen LogP contribution is -2.41. The first-order chi connectivity index (χ1) is 10.1. The Labute approximate surface area is 128 Å². The number of hydrogen-bond acceptors (Lipinski definition) is 2. The van der Waals surface area contributed by atoms with Crippen LogP contribution in [0.1, 0.15) is 37.8 Å². The molecule has 2 rings (SSSR count). The lowest BCUT2D eigenvalue weighted by Gasteiger charge is -2.24. The second-order valence-electron chi connectivity index (χ2n) is 6.53. The van der Waals surface area contributed by atoms with E-state index in [0.717, 1.165) is 37.9 Å². The van der Waals surface area contributed by atoms with Crippen molar-refractivity contribution in [2.45, 2.75) is 45.6 Å². The Morgan fingerprint density at radius 2 is 1.95 bits per heavy atom. The Hall–Kier alpha value is -1.35. The number of carbonyl (C=O) groups excluding carboxylic acids is 1. The average molecular weight is 288 g/mol. The third kappa shape index (κ3) is 4.57. The van der Waals surface area contributed by atoms with Gasteiger partial charge in [-0.05, 0) is 43.4 Å². The van der Waals surface area contributed by atoms with Crippen LogP contribution < -0.4 is 5.32 Å². The van der Waals surface area contributed by atoms with Gasteiger partial charge >= 0.3 is 0 Å². The van der Waals surface area contributed by atoms with Crippen molar-refractivity contribution in [1.82, 2.24) is 10.2 Å². The number of hydrogen-bond donors (Lipinski definition) is 1. The fourth-order valence-corrected chi connectivity index (χ4v) is 3.15. The van der Waals surface area contributed by atoms with Gasteiger partial charge in [0.25, 0.3) is 0 Å². The summed E-state index contributed by atoms with van der Waals surface area (Å²) in [6.45, 7) is 6.27. The molecule has 0 saturated carbocycles. The molecule has 0 spiro atoms. The molecule has 21 heavy (non-hydrogen) atoms. The number of likely N-dealkylation sites (N-methyl/N-ethyl adjacent to an activating group) is 1. The third-order valence-corrected chi connectivity index (χ3v) is 4.16. The van der Waals surface area contributed by atoms with Crippen molar-refractivity contribution in [2.24, 2.45) is 5.92 Å². The van der Waals surface area contributed by atoms with Crippen molar-refractivity contribution in [2.75, 3.05) is 20.1 Å². The third-order valence-electron chi connectivity index (χ3n) is 4.16. The predicted molar refractivity (Wildman–Crippen MR) is 87.3 cm³/mol. The van der Waals surface area contributed by atoms with E-state index in [0.29, 0.717) is 18.4 Å². The minimum atomic E-state index is 0.268. The molecule has 1 aromatic carbocycles. The zero-order chi connectivity index (χ0) is 15.2. The van der Waals surface area contributed by atoms with Crippen molar-refractivity contribution in [3.05, 3.63) is 35.4 Å². The van der Waals surface area contributed by atoms with Gasteiger partial charge in [0.2, 0.25) is 5.91 Å². The van der Waals surface area contributed by atoms with Gasteiger partial charge in [0.15, 0.2) is 0 Å². The SMILES string of the molecule is CNCC1CCCN1C(=O)Cc1ccc(CC(C)C)cc1. The smallest absolute Gasteiger partial charge is 0.227 e. The average Bonchev–Trinajstić information content (AvgIpc) is 2.89. The lowest BCUT2D eigenvalue weighted by molar-refractivity contribution is -0.131. The molecule has 0 aromatic heterocycles. The van der Waals surface area contributed by atoms with Crippen LogP contribution in [0.2, 0.25) is 0 Å². The molecule has 1 amide bonds. The maximum absolute atomic E-state index is 12.5. The van der Waals surface area contributed by atoms with Crippen LogP contribution in [0.4, 0.5) is 0 Å². The summed E-state index contributed by atoms with van der Waals surface area (Å²) in [5.74, 6) is 0.939. The lowest BCUT2D eigenvalue weighted by atomic mass is 10.0. The Balaban J connectivity index is 1.93. The largest absolute Gasteiger partial charge is 0.338 e. The molecular formula is C18H28N2O. The standard InChI is InChI=1S/C18H28N2O/c1-14(2)11-15-6-8-16(9-7-15)12-18(21)20-10-4-5-17(20)13-19-3/h6-9,14,17,19H,4-5,10-13H2,1-3H3. The van der Waals surface area contributed by atoms with E-state index >= 15 is 0 Å².